The predicted molar refractivity (Wildman–Crippen MR) is 54.1 cm³/mol. The summed E-state index contributed by atoms with van der Waals surface area (Å²) < 4.78 is 8.89. The number of ether oxygens (including phenoxy) is 1. The lowest BCUT2D eigenvalue weighted by Gasteiger charge is -1.94. The van der Waals surface area contributed by atoms with E-state index < -0.39 is 5.97 Å². The van der Waals surface area contributed by atoms with Crippen LogP contribution in [0.2, 0.25) is 0 Å². The van der Waals surface area contributed by atoms with E-state index in [9.17, 15) is 9.59 Å². The van der Waals surface area contributed by atoms with E-state index in [1.165, 1.54) is 19.4 Å². The van der Waals surface area contributed by atoms with Crippen molar-refractivity contribution in [2.24, 2.45) is 5.73 Å². The molecule has 0 aliphatic rings. The molecule has 1 aromatic rings. The summed E-state index contributed by atoms with van der Waals surface area (Å²) in [5, 5.41) is 0. The molecule has 5 nitrogen and oxygen atoms in total. The van der Waals surface area contributed by atoms with Crippen LogP contribution in [0.3, 0.4) is 0 Å². The fourth-order valence-electron chi connectivity index (χ4n) is 0.594. The summed E-state index contributed by atoms with van der Waals surface area (Å²) in [6.45, 7) is 1.67. The van der Waals surface area contributed by atoms with Crippen LogP contribution >= 0.6 is 0 Å². The van der Waals surface area contributed by atoms with Crippen molar-refractivity contribution in [3.8, 4) is 0 Å². The number of methoxy groups -OCH3 is 1. The van der Waals surface area contributed by atoms with Gasteiger partial charge in [-0.1, -0.05) is 6.08 Å². The highest BCUT2D eigenvalue weighted by atomic mass is 16.5. The van der Waals surface area contributed by atoms with E-state index in [0.717, 1.165) is 0 Å². The van der Waals surface area contributed by atoms with E-state index in [4.69, 9.17) is 5.73 Å². The lowest BCUT2D eigenvalue weighted by atomic mass is 10.4. The topological polar surface area (TPSA) is 82.5 Å². The molecule has 0 aliphatic carbocycles. The smallest absolute Gasteiger partial charge is 0.353 e. The van der Waals surface area contributed by atoms with Gasteiger partial charge < -0.3 is 14.9 Å². The minimum Gasteiger partial charge on any atom is -0.464 e. The van der Waals surface area contributed by atoms with Crippen LogP contribution in [0, 0.1) is 0 Å². The quantitative estimate of drug-likeness (QED) is 0.450. The monoisotopic (exact) mass is 211 g/mol. The Morgan fingerprint density at radius 2 is 2.27 bits per heavy atom. The molecule has 0 unspecified atom stereocenters. The Labute approximate surface area is 87.5 Å². The molecule has 1 heterocycles. The van der Waals surface area contributed by atoms with Gasteiger partial charge in [-0.05, 0) is 19.1 Å². The van der Waals surface area contributed by atoms with Gasteiger partial charge in [-0.2, -0.15) is 0 Å². The Balaban J connectivity index is 0.000000262. The molecule has 0 saturated heterocycles. The standard InChI is InChI=1S/C5H9NO2.C5H4O2/c1-3-4(6)5(7)8-2;6-4-5-2-1-3-7-5/h3H,6H2,1-2H3;1-4H/b4-3-;. The Hall–Kier alpha value is -2.04. The summed E-state index contributed by atoms with van der Waals surface area (Å²) >= 11 is 0. The van der Waals surface area contributed by atoms with E-state index in [1.807, 2.05) is 0 Å². The van der Waals surface area contributed by atoms with Crippen LogP contribution in [0.25, 0.3) is 0 Å². The number of rotatable bonds is 2. The molecule has 0 fully saturated rings. The minimum atomic E-state index is -0.479. The molecule has 0 bridgehead atoms. The van der Waals surface area contributed by atoms with Crippen LogP contribution in [-0.4, -0.2) is 19.4 Å². The van der Waals surface area contributed by atoms with Gasteiger partial charge in [-0.3, -0.25) is 4.79 Å². The minimum absolute atomic E-state index is 0.146. The molecule has 0 atom stereocenters. The number of furan rings is 1. The Morgan fingerprint density at radius 1 is 1.60 bits per heavy atom. The first-order valence-corrected chi connectivity index (χ1v) is 4.14. The third kappa shape index (κ3) is 5.30. The number of hydrogen-bond donors (Lipinski definition) is 1. The van der Waals surface area contributed by atoms with Crippen LogP contribution in [-0.2, 0) is 9.53 Å². The number of carbonyl (C=O) groups is 2. The van der Waals surface area contributed by atoms with Crippen molar-refractivity contribution >= 4 is 12.3 Å². The van der Waals surface area contributed by atoms with Crippen LogP contribution in [0.5, 0.6) is 0 Å². The lowest BCUT2D eigenvalue weighted by Crippen LogP contribution is -2.11. The van der Waals surface area contributed by atoms with Crippen molar-refractivity contribution in [3.05, 3.63) is 35.9 Å². The Kier molecular flexibility index (Phi) is 6.37. The highest BCUT2D eigenvalue weighted by Gasteiger charge is 1.99. The molecule has 0 spiro atoms. The van der Waals surface area contributed by atoms with Gasteiger partial charge in [0.1, 0.15) is 5.70 Å². The van der Waals surface area contributed by atoms with Gasteiger partial charge >= 0.3 is 5.97 Å². The highest BCUT2D eigenvalue weighted by Crippen LogP contribution is 1.92. The second-order valence-corrected chi connectivity index (χ2v) is 2.37. The summed E-state index contributed by atoms with van der Waals surface area (Å²) in [6, 6.07) is 3.27. The van der Waals surface area contributed by atoms with Crippen LogP contribution in [0.4, 0.5) is 0 Å². The van der Waals surface area contributed by atoms with Crippen LogP contribution < -0.4 is 5.73 Å². The first-order valence-electron chi connectivity index (χ1n) is 4.14. The summed E-state index contributed by atoms with van der Waals surface area (Å²) in [5.41, 5.74) is 5.26. The highest BCUT2D eigenvalue weighted by molar-refractivity contribution is 5.86. The number of allylic oxidation sites excluding steroid dienone is 1. The van der Waals surface area contributed by atoms with Gasteiger partial charge in [0, 0.05) is 0 Å². The zero-order chi connectivity index (χ0) is 11.7. The molecule has 0 saturated carbocycles. The summed E-state index contributed by atoms with van der Waals surface area (Å²) in [6.07, 6.45) is 3.62. The number of hydrogen-bond acceptors (Lipinski definition) is 5. The fraction of sp³-hybridized carbons (Fsp3) is 0.200. The number of esters is 1. The van der Waals surface area contributed by atoms with Crippen molar-refractivity contribution in [1.82, 2.24) is 0 Å². The molecular formula is C10H13NO4. The largest absolute Gasteiger partial charge is 0.464 e. The zero-order valence-corrected chi connectivity index (χ0v) is 8.60. The number of nitrogens with two attached hydrogens (primary N) is 1. The van der Waals surface area contributed by atoms with E-state index in [-0.39, 0.29) is 5.70 Å². The number of carbonyl (C=O) groups excluding carboxylic acids is 2. The van der Waals surface area contributed by atoms with E-state index in [0.29, 0.717) is 12.0 Å². The second kappa shape index (κ2) is 7.37. The molecule has 15 heavy (non-hydrogen) atoms. The van der Waals surface area contributed by atoms with Gasteiger partial charge in [0.2, 0.25) is 0 Å². The van der Waals surface area contributed by atoms with E-state index >= 15 is 0 Å². The van der Waals surface area contributed by atoms with Gasteiger partial charge in [-0.15, -0.1) is 0 Å². The van der Waals surface area contributed by atoms with Crippen molar-refractivity contribution in [2.75, 3.05) is 7.11 Å². The van der Waals surface area contributed by atoms with E-state index in [2.05, 4.69) is 9.15 Å². The average molecular weight is 211 g/mol. The van der Waals surface area contributed by atoms with Crippen molar-refractivity contribution in [1.29, 1.82) is 0 Å². The Morgan fingerprint density at radius 3 is 2.47 bits per heavy atom. The molecule has 2 N–H and O–H groups in total. The summed E-state index contributed by atoms with van der Waals surface area (Å²) in [7, 11) is 1.29. The maximum absolute atomic E-state index is 10.3. The van der Waals surface area contributed by atoms with Gasteiger partial charge in [0.15, 0.2) is 12.0 Å². The van der Waals surface area contributed by atoms with Crippen molar-refractivity contribution in [3.63, 3.8) is 0 Å². The fourth-order valence-corrected chi connectivity index (χ4v) is 0.594. The molecule has 5 heteroatoms. The Bertz CT molecular complexity index is 327. The van der Waals surface area contributed by atoms with E-state index in [1.54, 1.807) is 19.1 Å². The first kappa shape index (κ1) is 13.0. The third-order valence-corrected chi connectivity index (χ3v) is 1.39. The lowest BCUT2D eigenvalue weighted by molar-refractivity contribution is -0.136. The SMILES string of the molecule is C/C=C(\N)C(=O)OC.O=Cc1ccco1. The maximum atomic E-state index is 10.3. The van der Waals surface area contributed by atoms with Gasteiger partial charge in [-0.25, -0.2) is 4.79 Å². The molecule has 82 valence electrons. The van der Waals surface area contributed by atoms with Crippen LogP contribution in [0.1, 0.15) is 17.5 Å². The summed E-state index contributed by atoms with van der Waals surface area (Å²) in [4.78, 5) is 20.1. The number of aldehydes is 1. The molecule has 1 rings (SSSR count). The second-order valence-electron chi connectivity index (χ2n) is 2.37. The summed E-state index contributed by atoms with van der Waals surface area (Å²) in [5.74, 6) is -0.104. The first-order chi connectivity index (χ1) is 7.15. The molecule has 1 aromatic heterocycles. The van der Waals surface area contributed by atoms with Crippen molar-refractivity contribution in [2.45, 2.75) is 6.92 Å². The van der Waals surface area contributed by atoms with Gasteiger partial charge in [0.25, 0.3) is 0 Å². The average Bonchev–Trinajstić information content (AvgIpc) is 2.80. The maximum Gasteiger partial charge on any atom is 0.353 e. The molecular weight excluding hydrogens is 198 g/mol. The molecule has 0 radical (unpaired) electrons. The predicted octanol–water partition coefficient (Wildman–Crippen LogP) is 1.11. The van der Waals surface area contributed by atoms with Crippen LogP contribution in [0.15, 0.2) is 34.6 Å². The normalized spacial score (nSPS) is 9.87. The molecule has 0 aromatic carbocycles. The molecule has 0 aliphatic heterocycles. The van der Waals surface area contributed by atoms with Gasteiger partial charge in [0.05, 0.1) is 13.4 Å². The molecule has 0 amide bonds. The van der Waals surface area contributed by atoms with Crippen molar-refractivity contribution < 1.29 is 18.7 Å². The third-order valence-electron chi connectivity index (χ3n) is 1.39. The zero-order valence-electron chi connectivity index (χ0n) is 8.60.